The van der Waals surface area contributed by atoms with E-state index in [1.54, 1.807) is 0 Å². The van der Waals surface area contributed by atoms with Gasteiger partial charge in [-0.2, -0.15) is 0 Å². The van der Waals surface area contributed by atoms with Gasteiger partial charge < -0.3 is 4.90 Å². The highest BCUT2D eigenvalue weighted by atomic mass is 15.1. The molecule has 54 heavy (non-hydrogen) atoms. The molecule has 9 aromatic rings. The van der Waals surface area contributed by atoms with Crippen molar-refractivity contribution in [3.63, 3.8) is 0 Å². The Morgan fingerprint density at radius 1 is 0.352 bits per heavy atom. The Morgan fingerprint density at radius 2 is 0.926 bits per heavy atom. The van der Waals surface area contributed by atoms with Crippen molar-refractivity contribution in [1.82, 2.24) is 0 Å². The van der Waals surface area contributed by atoms with E-state index < -0.39 is 0 Å². The maximum atomic E-state index is 2.46. The van der Waals surface area contributed by atoms with Gasteiger partial charge in [-0.05, 0) is 108 Å². The molecule has 0 bridgehead atoms. The number of benzene rings is 9. The average Bonchev–Trinajstić information content (AvgIpc) is 3.47. The van der Waals surface area contributed by atoms with Gasteiger partial charge in [0.2, 0.25) is 0 Å². The molecule has 9 aromatic carbocycles. The van der Waals surface area contributed by atoms with Crippen molar-refractivity contribution in [1.29, 1.82) is 0 Å². The van der Waals surface area contributed by atoms with Gasteiger partial charge in [0.05, 0.1) is 5.69 Å². The van der Waals surface area contributed by atoms with E-state index in [1.165, 1.54) is 82.9 Å². The first-order chi connectivity index (χ1) is 26.5. The fraction of sp³-hybridized carbons (Fsp3) is 0.0566. The molecule has 0 aromatic heterocycles. The molecular weight excluding hydrogens is 651 g/mol. The van der Waals surface area contributed by atoms with Gasteiger partial charge in [-0.15, -0.1) is 0 Å². The lowest BCUT2D eigenvalue weighted by Crippen LogP contribution is -2.16. The molecule has 0 saturated heterocycles. The van der Waals surface area contributed by atoms with E-state index in [4.69, 9.17) is 0 Å². The Kier molecular flexibility index (Phi) is 7.56. The Labute approximate surface area is 317 Å². The van der Waals surface area contributed by atoms with Gasteiger partial charge in [-0.1, -0.05) is 178 Å². The number of rotatable bonds is 6. The standard InChI is InChI=1S/C53H39N/c1-53(2)49-21-8-7-19-48(49)52-50(53)22-11-23-51(52)54(44-32-30-40(31-33-44)47-20-10-15-39-13-5-6-18-46(39)47)45-17-9-16-42(35-45)37-24-26-38(27-25-37)43-29-28-36-12-3-4-14-41(36)34-43/h3-35H,1-2H3. The molecule has 0 radical (unpaired) electrons. The maximum Gasteiger partial charge on any atom is 0.0543 e. The maximum absolute atomic E-state index is 2.46. The highest BCUT2D eigenvalue weighted by Gasteiger charge is 2.37. The van der Waals surface area contributed by atoms with Gasteiger partial charge in [0.1, 0.15) is 0 Å². The number of hydrogen-bond acceptors (Lipinski definition) is 1. The van der Waals surface area contributed by atoms with Crippen LogP contribution in [0.5, 0.6) is 0 Å². The van der Waals surface area contributed by atoms with Crippen LogP contribution in [0.4, 0.5) is 17.1 Å². The second-order valence-electron chi connectivity index (χ2n) is 15.0. The molecule has 0 spiro atoms. The zero-order valence-corrected chi connectivity index (χ0v) is 30.5. The molecule has 0 N–H and O–H groups in total. The third-order valence-corrected chi connectivity index (χ3v) is 11.5. The van der Waals surface area contributed by atoms with E-state index in [0.717, 1.165) is 11.4 Å². The normalized spacial score (nSPS) is 12.8. The summed E-state index contributed by atoms with van der Waals surface area (Å²) in [5.74, 6) is 0. The second-order valence-corrected chi connectivity index (χ2v) is 15.0. The van der Waals surface area contributed by atoms with E-state index in [2.05, 4.69) is 219 Å². The van der Waals surface area contributed by atoms with E-state index in [-0.39, 0.29) is 5.41 Å². The molecule has 1 aliphatic rings. The largest absolute Gasteiger partial charge is 0.310 e. The minimum absolute atomic E-state index is 0.0968. The summed E-state index contributed by atoms with van der Waals surface area (Å²) in [4.78, 5) is 2.46. The summed E-state index contributed by atoms with van der Waals surface area (Å²) in [7, 11) is 0. The number of anilines is 3. The summed E-state index contributed by atoms with van der Waals surface area (Å²) in [6, 6.07) is 73.4. The summed E-state index contributed by atoms with van der Waals surface area (Å²) in [6.45, 7) is 4.71. The topological polar surface area (TPSA) is 3.24 Å². The summed E-state index contributed by atoms with van der Waals surface area (Å²) < 4.78 is 0. The predicted octanol–water partition coefficient (Wildman–Crippen LogP) is 14.8. The molecule has 1 nitrogen and oxygen atoms in total. The summed E-state index contributed by atoms with van der Waals surface area (Å²) in [5.41, 5.74) is 16.0. The summed E-state index contributed by atoms with van der Waals surface area (Å²) in [5, 5.41) is 5.04. The lowest BCUT2D eigenvalue weighted by Gasteiger charge is -2.29. The molecule has 0 amide bonds. The van der Waals surface area contributed by atoms with Crippen LogP contribution in [-0.2, 0) is 5.41 Å². The molecule has 0 fully saturated rings. The minimum atomic E-state index is -0.0968. The average molecular weight is 690 g/mol. The Bertz CT molecular complexity index is 2840. The molecule has 0 atom stereocenters. The quantitative estimate of drug-likeness (QED) is 0.168. The second kappa shape index (κ2) is 12.8. The zero-order chi connectivity index (χ0) is 36.2. The van der Waals surface area contributed by atoms with Gasteiger partial charge >= 0.3 is 0 Å². The lowest BCUT2D eigenvalue weighted by molar-refractivity contribution is 0.660. The fourth-order valence-corrected chi connectivity index (χ4v) is 8.66. The molecule has 0 unspecified atom stereocenters. The Balaban J connectivity index is 1.09. The molecule has 0 aliphatic heterocycles. The SMILES string of the molecule is CC1(C)c2ccccc2-c2c(N(c3ccc(-c4cccc5ccccc45)cc3)c3cccc(-c4ccc(-c5ccc6ccccc6c5)cc4)c3)cccc21. The van der Waals surface area contributed by atoms with Crippen molar-refractivity contribution < 1.29 is 0 Å². The smallest absolute Gasteiger partial charge is 0.0543 e. The molecule has 1 heteroatoms. The van der Waals surface area contributed by atoms with Gasteiger partial charge in [-0.25, -0.2) is 0 Å². The highest BCUT2D eigenvalue weighted by molar-refractivity contribution is 5.98. The molecular formula is C53H39N. The van der Waals surface area contributed by atoms with Gasteiger partial charge in [-0.3, -0.25) is 0 Å². The minimum Gasteiger partial charge on any atom is -0.310 e. The van der Waals surface area contributed by atoms with Crippen LogP contribution in [0.2, 0.25) is 0 Å². The van der Waals surface area contributed by atoms with Crippen LogP contribution in [0.15, 0.2) is 200 Å². The third-order valence-electron chi connectivity index (χ3n) is 11.5. The van der Waals surface area contributed by atoms with Crippen LogP contribution in [0, 0.1) is 0 Å². The van der Waals surface area contributed by atoms with Gasteiger partial charge in [0.15, 0.2) is 0 Å². The van der Waals surface area contributed by atoms with E-state index in [9.17, 15) is 0 Å². The van der Waals surface area contributed by atoms with Crippen molar-refractivity contribution in [2.75, 3.05) is 4.90 Å². The zero-order valence-electron chi connectivity index (χ0n) is 30.5. The first kappa shape index (κ1) is 32.0. The third kappa shape index (κ3) is 5.32. The van der Waals surface area contributed by atoms with Crippen LogP contribution in [-0.4, -0.2) is 0 Å². The predicted molar refractivity (Wildman–Crippen MR) is 230 cm³/mol. The molecule has 10 rings (SSSR count). The number of fused-ring (bicyclic) bond motifs is 5. The summed E-state index contributed by atoms with van der Waals surface area (Å²) in [6.07, 6.45) is 0. The first-order valence-electron chi connectivity index (χ1n) is 18.8. The van der Waals surface area contributed by atoms with E-state index in [0.29, 0.717) is 0 Å². The van der Waals surface area contributed by atoms with Crippen LogP contribution in [0.1, 0.15) is 25.0 Å². The lowest BCUT2D eigenvalue weighted by atomic mass is 9.82. The van der Waals surface area contributed by atoms with Crippen molar-refractivity contribution in [2.45, 2.75) is 19.3 Å². The van der Waals surface area contributed by atoms with Crippen molar-refractivity contribution in [3.05, 3.63) is 211 Å². The van der Waals surface area contributed by atoms with Crippen molar-refractivity contribution in [2.24, 2.45) is 0 Å². The van der Waals surface area contributed by atoms with Crippen LogP contribution >= 0.6 is 0 Å². The fourth-order valence-electron chi connectivity index (χ4n) is 8.66. The summed E-state index contributed by atoms with van der Waals surface area (Å²) >= 11 is 0. The molecule has 0 saturated carbocycles. The Morgan fingerprint density at radius 3 is 1.74 bits per heavy atom. The van der Waals surface area contributed by atoms with Crippen LogP contribution < -0.4 is 4.90 Å². The first-order valence-corrected chi connectivity index (χ1v) is 18.8. The number of nitrogens with zero attached hydrogens (tertiary/aromatic N) is 1. The van der Waals surface area contributed by atoms with Gasteiger partial charge in [0.25, 0.3) is 0 Å². The van der Waals surface area contributed by atoms with Crippen molar-refractivity contribution in [3.8, 4) is 44.5 Å². The Hall–Kier alpha value is -6.70. The molecule has 1 aliphatic carbocycles. The van der Waals surface area contributed by atoms with Crippen LogP contribution in [0.25, 0.3) is 66.1 Å². The van der Waals surface area contributed by atoms with E-state index in [1.807, 2.05) is 0 Å². The monoisotopic (exact) mass is 689 g/mol. The highest BCUT2D eigenvalue weighted by Crippen LogP contribution is 2.54. The van der Waals surface area contributed by atoms with Crippen molar-refractivity contribution >= 4 is 38.6 Å². The molecule has 256 valence electrons. The molecule has 0 heterocycles. The van der Waals surface area contributed by atoms with Gasteiger partial charge in [0, 0.05) is 22.4 Å². The number of hydrogen-bond donors (Lipinski definition) is 0. The van der Waals surface area contributed by atoms with Crippen LogP contribution in [0.3, 0.4) is 0 Å². The van der Waals surface area contributed by atoms with E-state index >= 15 is 0 Å².